The Morgan fingerprint density at radius 1 is 1.19 bits per heavy atom. The molecule has 0 bridgehead atoms. The SMILES string of the molecule is Cc1cc(C)n2cnc(-c3nc(C(=O)NCc4ccc(F)cc4)c(O)c(=O)n3C)c2n1. The minimum Gasteiger partial charge on any atom is -0.501 e. The maximum atomic E-state index is 13.0. The number of aryl methyl sites for hydroxylation is 2. The second-order valence-electron chi connectivity index (χ2n) is 7.13. The molecule has 9 nitrogen and oxygen atoms in total. The number of carbonyl (C=O) groups is 1. The van der Waals surface area contributed by atoms with Crippen LogP contribution in [-0.2, 0) is 13.6 Å². The summed E-state index contributed by atoms with van der Waals surface area (Å²) in [4.78, 5) is 38.3. The first-order valence-electron chi connectivity index (χ1n) is 9.40. The largest absolute Gasteiger partial charge is 0.501 e. The number of hydrogen-bond acceptors (Lipinski definition) is 6. The molecule has 4 rings (SSSR count). The number of aromatic nitrogens is 5. The molecule has 1 aromatic carbocycles. The summed E-state index contributed by atoms with van der Waals surface area (Å²) in [6, 6.07) is 7.47. The van der Waals surface area contributed by atoms with Gasteiger partial charge in [0.25, 0.3) is 11.5 Å². The highest BCUT2D eigenvalue weighted by molar-refractivity contribution is 5.95. The maximum absolute atomic E-state index is 13.0. The zero-order chi connectivity index (χ0) is 22.3. The molecule has 0 unspecified atom stereocenters. The summed E-state index contributed by atoms with van der Waals surface area (Å²) in [5, 5.41) is 12.8. The number of imidazole rings is 1. The average Bonchev–Trinajstić information content (AvgIpc) is 3.15. The van der Waals surface area contributed by atoms with Crippen molar-refractivity contribution in [3.8, 4) is 17.3 Å². The second-order valence-corrected chi connectivity index (χ2v) is 7.13. The van der Waals surface area contributed by atoms with Crippen molar-refractivity contribution in [2.24, 2.45) is 7.05 Å². The van der Waals surface area contributed by atoms with Gasteiger partial charge in [0.2, 0.25) is 5.75 Å². The number of halogens is 1. The fourth-order valence-corrected chi connectivity index (χ4v) is 3.26. The summed E-state index contributed by atoms with van der Waals surface area (Å²) in [5.41, 5.74) is 1.86. The van der Waals surface area contributed by atoms with E-state index in [2.05, 4.69) is 20.3 Å². The molecule has 0 aliphatic rings. The Hall–Kier alpha value is -4.08. The van der Waals surface area contributed by atoms with Gasteiger partial charge in [-0.1, -0.05) is 12.1 Å². The molecule has 10 heteroatoms. The second kappa shape index (κ2) is 7.63. The zero-order valence-electron chi connectivity index (χ0n) is 17.0. The first-order valence-corrected chi connectivity index (χ1v) is 9.40. The summed E-state index contributed by atoms with van der Waals surface area (Å²) in [6.45, 7) is 3.80. The lowest BCUT2D eigenvalue weighted by Gasteiger charge is -2.11. The molecule has 0 atom stereocenters. The predicted molar refractivity (Wildman–Crippen MR) is 110 cm³/mol. The Balaban J connectivity index is 1.75. The molecule has 0 fully saturated rings. The molecule has 4 aromatic rings. The fraction of sp³-hybridized carbons (Fsp3) is 0.190. The molecular formula is C21H19FN6O3. The van der Waals surface area contributed by atoms with Crippen LogP contribution in [0.5, 0.6) is 5.75 Å². The fourth-order valence-electron chi connectivity index (χ4n) is 3.26. The van der Waals surface area contributed by atoms with Crippen LogP contribution in [-0.4, -0.2) is 34.9 Å². The lowest BCUT2D eigenvalue weighted by atomic mass is 10.2. The quantitative estimate of drug-likeness (QED) is 0.519. The van der Waals surface area contributed by atoms with Crippen LogP contribution in [0.1, 0.15) is 27.4 Å². The number of fused-ring (bicyclic) bond motifs is 1. The van der Waals surface area contributed by atoms with E-state index in [0.717, 1.165) is 16.0 Å². The first-order chi connectivity index (χ1) is 14.8. The van der Waals surface area contributed by atoms with Crippen molar-refractivity contribution in [1.82, 2.24) is 29.2 Å². The van der Waals surface area contributed by atoms with Gasteiger partial charge in [-0.05, 0) is 37.6 Å². The van der Waals surface area contributed by atoms with Crippen molar-refractivity contribution in [2.45, 2.75) is 20.4 Å². The van der Waals surface area contributed by atoms with Crippen LogP contribution in [0.3, 0.4) is 0 Å². The third kappa shape index (κ3) is 3.63. The van der Waals surface area contributed by atoms with Crippen LogP contribution in [0.15, 0.2) is 41.5 Å². The van der Waals surface area contributed by atoms with Crippen LogP contribution in [0.2, 0.25) is 0 Å². The van der Waals surface area contributed by atoms with Gasteiger partial charge in [0.15, 0.2) is 22.9 Å². The standard InChI is InChI=1S/C21H19FN6O3/c1-11-8-12(2)28-10-24-16(19(28)25-11)18-26-15(17(29)21(31)27(18)3)20(30)23-9-13-4-6-14(22)7-5-13/h4-8,10,29H,9H2,1-3H3,(H,23,30). The van der Waals surface area contributed by atoms with Crippen LogP contribution in [0, 0.1) is 19.7 Å². The average molecular weight is 422 g/mol. The molecule has 0 radical (unpaired) electrons. The van der Waals surface area contributed by atoms with Gasteiger partial charge in [-0.3, -0.25) is 18.6 Å². The van der Waals surface area contributed by atoms with Gasteiger partial charge in [-0.25, -0.2) is 19.3 Å². The van der Waals surface area contributed by atoms with E-state index in [1.807, 2.05) is 19.9 Å². The molecule has 2 N–H and O–H groups in total. The van der Waals surface area contributed by atoms with Gasteiger partial charge < -0.3 is 10.4 Å². The van der Waals surface area contributed by atoms with Crippen molar-refractivity contribution in [3.63, 3.8) is 0 Å². The monoisotopic (exact) mass is 422 g/mol. The summed E-state index contributed by atoms with van der Waals surface area (Å²) >= 11 is 0. The highest BCUT2D eigenvalue weighted by Crippen LogP contribution is 2.22. The van der Waals surface area contributed by atoms with E-state index in [1.54, 1.807) is 10.7 Å². The molecule has 3 aromatic heterocycles. The van der Waals surface area contributed by atoms with Gasteiger partial charge in [-0.2, -0.15) is 0 Å². The number of rotatable bonds is 4. The molecule has 0 aliphatic heterocycles. The zero-order valence-corrected chi connectivity index (χ0v) is 17.0. The van der Waals surface area contributed by atoms with Gasteiger partial charge in [-0.15, -0.1) is 0 Å². The molecular weight excluding hydrogens is 403 g/mol. The van der Waals surface area contributed by atoms with Gasteiger partial charge in [0, 0.05) is 25.0 Å². The van der Waals surface area contributed by atoms with E-state index in [-0.39, 0.29) is 12.4 Å². The third-order valence-corrected chi connectivity index (χ3v) is 4.88. The normalized spacial score (nSPS) is 11.1. The van der Waals surface area contributed by atoms with Crippen LogP contribution in [0.25, 0.3) is 17.2 Å². The summed E-state index contributed by atoms with van der Waals surface area (Å²) < 4.78 is 15.9. The van der Waals surface area contributed by atoms with E-state index >= 15 is 0 Å². The molecule has 3 heterocycles. The van der Waals surface area contributed by atoms with Gasteiger partial charge >= 0.3 is 0 Å². The summed E-state index contributed by atoms with van der Waals surface area (Å²) in [6.07, 6.45) is 1.56. The molecule has 0 aliphatic carbocycles. The Morgan fingerprint density at radius 3 is 2.61 bits per heavy atom. The van der Waals surface area contributed by atoms with Crippen molar-refractivity contribution in [2.75, 3.05) is 0 Å². The number of nitrogens with zero attached hydrogens (tertiary/aromatic N) is 5. The highest BCUT2D eigenvalue weighted by Gasteiger charge is 2.23. The maximum Gasteiger partial charge on any atom is 0.296 e. The predicted octanol–water partition coefficient (Wildman–Crippen LogP) is 1.88. The van der Waals surface area contributed by atoms with E-state index < -0.39 is 28.7 Å². The number of aromatic hydroxyl groups is 1. The van der Waals surface area contributed by atoms with Gasteiger partial charge in [0.1, 0.15) is 12.1 Å². The van der Waals surface area contributed by atoms with Crippen molar-refractivity contribution < 1.29 is 14.3 Å². The Morgan fingerprint density at radius 2 is 1.90 bits per heavy atom. The van der Waals surface area contributed by atoms with E-state index in [1.165, 1.54) is 31.3 Å². The molecule has 158 valence electrons. The smallest absolute Gasteiger partial charge is 0.296 e. The molecule has 0 saturated heterocycles. The molecule has 1 amide bonds. The van der Waals surface area contributed by atoms with E-state index in [0.29, 0.717) is 16.9 Å². The molecule has 31 heavy (non-hydrogen) atoms. The number of nitrogens with one attached hydrogen (secondary N) is 1. The van der Waals surface area contributed by atoms with Crippen LogP contribution < -0.4 is 10.9 Å². The summed E-state index contributed by atoms with van der Waals surface area (Å²) in [5.74, 6) is -1.82. The minimum atomic E-state index is -0.789. The Kier molecular flexibility index (Phi) is 4.97. The van der Waals surface area contributed by atoms with Crippen LogP contribution in [0.4, 0.5) is 4.39 Å². The number of amides is 1. The lowest BCUT2D eigenvalue weighted by Crippen LogP contribution is -2.29. The van der Waals surface area contributed by atoms with E-state index in [9.17, 15) is 19.1 Å². The van der Waals surface area contributed by atoms with Crippen molar-refractivity contribution in [3.05, 3.63) is 75.5 Å². The highest BCUT2D eigenvalue weighted by atomic mass is 19.1. The van der Waals surface area contributed by atoms with Gasteiger partial charge in [0.05, 0.1) is 0 Å². The van der Waals surface area contributed by atoms with Crippen molar-refractivity contribution >= 4 is 11.6 Å². The first kappa shape index (κ1) is 20.2. The van der Waals surface area contributed by atoms with E-state index in [4.69, 9.17) is 0 Å². The number of hydrogen-bond donors (Lipinski definition) is 2. The van der Waals surface area contributed by atoms with Crippen LogP contribution >= 0.6 is 0 Å². The topological polar surface area (TPSA) is 114 Å². The van der Waals surface area contributed by atoms with Crippen molar-refractivity contribution in [1.29, 1.82) is 0 Å². The summed E-state index contributed by atoms with van der Waals surface area (Å²) in [7, 11) is 1.43. The number of benzene rings is 1. The molecule has 0 spiro atoms. The Bertz CT molecular complexity index is 1370. The molecule has 0 saturated carbocycles. The number of carbonyl (C=O) groups excluding carboxylic acids is 1. The lowest BCUT2D eigenvalue weighted by molar-refractivity contribution is 0.0942. The minimum absolute atomic E-state index is 0.0676. The third-order valence-electron chi connectivity index (χ3n) is 4.88. The Labute approximate surface area is 175 Å².